The third kappa shape index (κ3) is 9.59. The van der Waals surface area contributed by atoms with Crippen LogP contribution in [0.15, 0.2) is 12.2 Å². The number of carboxylic acids is 1. The van der Waals surface area contributed by atoms with Crippen LogP contribution in [0.5, 0.6) is 0 Å². The minimum absolute atomic E-state index is 0.0343. The summed E-state index contributed by atoms with van der Waals surface area (Å²) in [5.41, 5.74) is 0. The Balaban J connectivity index is 4.25. The minimum atomic E-state index is -0.923. The fourth-order valence-corrected chi connectivity index (χ4v) is 2.41. The third-order valence-electron chi connectivity index (χ3n) is 3.89. The van der Waals surface area contributed by atoms with Crippen LogP contribution in [0.3, 0.4) is 0 Å². The largest absolute Gasteiger partial charge is 0.480 e. The molecule has 0 fully saturated rings. The van der Waals surface area contributed by atoms with E-state index >= 15 is 0 Å². The van der Waals surface area contributed by atoms with E-state index in [-0.39, 0.29) is 5.91 Å². The van der Waals surface area contributed by atoms with E-state index in [4.69, 9.17) is 0 Å². The van der Waals surface area contributed by atoms with Gasteiger partial charge in [0.05, 0.1) is 0 Å². The first-order chi connectivity index (χ1) is 10.5. The molecule has 4 nitrogen and oxygen atoms in total. The van der Waals surface area contributed by atoms with Crippen LogP contribution in [0.4, 0.5) is 0 Å². The number of hydrogen-bond donors (Lipinski definition) is 1. The van der Waals surface area contributed by atoms with Gasteiger partial charge in [0, 0.05) is 13.0 Å². The van der Waals surface area contributed by atoms with Gasteiger partial charge < -0.3 is 10.0 Å². The normalized spacial score (nSPS) is 12.5. The Bertz CT molecular complexity index is 339. The molecular weight excluding hydrogens is 278 g/mol. The van der Waals surface area contributed by atoms with Gasteiger partial charge in [-0.3, -0.25) is 4.79 Å². The molecule has 1 atom stereocenters. The van der Waals surface area contributed by atoms with Crippen LogP contribution in [0.2, 0.25) is 0 Å². The lowest BCUT2D eigenvalue weighted by Gasteiger charge is -2.26. The van der Waals surface area contributed by atoms with E-state index in [1.54, 1.807) is 6.92 Å². The second-order valence-electron chi connectivity index (χ2n) is 5.83. The molecule has 0 saturated heterocycles. The highest BCUT2D eigenvalue weighted by molar-refractivity contribution is 5.83. The van der Waals surface area contributed by atoms with Gasteiger partial charge in [0.25, 0.3) is 0 Å². The Hall–Kier alpha value is -1.32. The van der Waals surface area contributed by atoms with Crippen LogP contribution in [-0.4, -0.2) is 34.5 Å². The number of hydrogen-bond acceptors (Lipinski definition) is 2. The molecule has 0 aliphatic rings. The van der Waals surface area contributed by atoms with Crippen molar-refractivity contribution in [3.8, 4) is 0 Å². The Labute approximate surface area is 135 Å². The lowest BCUT2D eigenvalue weighted by Crippen LogP contribution is -2.43. The van der Waals surface area contributed by atoms with Gasteiger partial charge in [0.15, 0.2) is 0 Å². The fourth-order valence-electron chi connectivity index (χ4n) is 2.41. The van der Waals surface area contributed by atoms with Gasteiger partial charge in [-0.15, -0.1) is 0 Å². The standard InChI is InChI=1S/C18H33NO3/c1-4-6-8-10-11-13-15-19(16(3)18(21)22)17(20)14-12-9-7-5-2/h5,7,16H,4,6,8-15H2,1-3H3,(H,21,22)/b7-5+/t16-/m0/s1. The maximum absolute atomic E-state index is 12.3. The van der Waals surface area contributed by atoms with Gasteiger partial charge >= 0.3 is 5.97 Å². The van der Waals surface area contributed by atoms with Gasteiger partial charge in [-0.1, -0.05) is 51.2 Å². The van der Waals surface area contributed by atoms with Crippen molar-refractivity contribution in [2.45, 2.75) is 84.6 Å². The number of rotatable bonds is 13. The molecule has 0 aliphatic carbocycles. The summed E-state index contributed by atoms with van der Waals surface area (Å²) in [7, 11) is 0. The Morgan fingerprint density at radius 3 is 2.32 bits per heavy atom. The minimum Gasteiger partial charge on any atom is -0.480 e. The fraction of sp³-hybridized carbons (Fsp3) is 0.778. The van der Waals surface area contributed by atoms with Gasteiger partial charge in [0.1, 0.15) is 6.04 Å². The monoisotopic (exact) mass is 311 g/mol. The SMILES string of the molecule is C/C=C/CCCC(=O)N(CCCCCCCC)[C@@H](C)C(=O)O. The van der Waals surface area contributed by atoms with Gasteiger partial charge in [-0.25, -0.2) is 4.79 Å². The molecule has 0 aromatic rings. The highest BCUT2D eigenvalue weighted by Crippen LogP contribution is 2.11. The molecule has 0 unspecified atom stereocenters. The number of allylic oxidation sites excluding steroid dienone is 2. The van der Waals surface area contributed by atoms with Crippen molar-refractivity contribution in [2.24, 2.45) is 0 Å². The zero-order chi connectivity index (χ0) is 16.8. The molecule has 0 bridgehead atoms. The van der Waals surface area contributed by atoms with Gasteiger partial charge in [-0.2, -0.15) is 0 Å². The smallest absolute Gasteiger partial charge is 0.326 e. The number of carboxylic acid groups (broad SMARTS) is 1. The Kier molecular flexibility index (Phi) is 12.5. The number of nitrogens with zero attached hydrogens (tertiary/aromatic N) is 1. The van der Waals surface area contributed by atoms with E-state index in [9.17, 15) is 14.7 Å². The van der Waals surface area contributed by atoms with Crippen LogP contribution in [0.25, 0.3) is 0 Å². The van der Waals surface area contributed by atoms with Gasteiger partial charge in [0.2, 0.25) is 5.91 Å². The summed E-state index contributed by atoms with van der Waals surface area (Å²) < 4.78 is 0. The summed E-state index contributed by atoms with van der Waals surface area (Å²) in [5, 5.41) is 9.18. The third-order valence-corrected chi connectivity index (χ3v) is 3.89. The van der Waals surface area contributed by atoms with Crippen LogP contribution in [-0.2, 0) is 9.59 Å². The summed E-state index contributed by atoms with van der Waals surface area (Å²) in [5.74, 6) is -0.958. The van der Waals surface area contributed by atoms with Crippen molar-refractivity contribution >= 4 is 11.9 Å². The summed E-state index contributed by atoms with van der Waals surface area (Å²) >= 11 is 0. The molecule has 0 heterocycles. The van der Waals surface area contributed by atoms with Crippen LogP contribution < -0.4 is 0 Å². The molecule has 0 rings (SSSR count). The van der Waals surface area contributed by atoms with Crippen LogP contribution >= 0.6 is 0 Å². The van der Waals surface area contributed by atoms with E-state index in [1.165, 1.54) is 30.6 Å². The molecule has 128 valence electrons. The molecule has 0 aromatic carbocycles. The molecule has 0 aliphatic heterocycles. The first-order valence-corrected chi connectivity index (χ1v) is 8.68. The lowest BCUT2D eigenvalue weighted by atomic mass is 10.1. The number of carbonyl (C=O) groups excluding carboxylic acids is 1. The summed E-state index contributed by atoms with van der Waals surface area (Å²) in [4.78, 5) is 25.0. The Morgan fingerprint density at radius 2 is 1.73 bits per heavy atom. The average molecular weight is 311 g/mol. The van der Waals surface area contributed by atoms with Crippen molar-refractivity contribution in [2.75, 3.05) is 6.54 Å². The molecule has 0 spiro atoms. The molecular formula is C18H33NO3. The number of carbonyl (C=O) groups is 2. The van der Waals surface area contributed by atoms with Gasteiger partial charge in [-0.05, 0) is 33.1 Å². The van der Waals surface area contributed by atoms with Crippen molar-refractivity contribution < 1.29 is 14.7 Å². The predicted molar refractivity (Wildman–Crippen MR) is 90.9 cm³/mol. The number of amides is 1. The second-order valence-corrected chi connectivity index (χ2v) is 5.83. The predicted octanol–water partition coefficient (Wildman–Crippen LogP) is 4.40. The molecule has 1 amide bonds. The zero-order valence-corrected chi connectivity index (χ0v) is 14.5. The molecule has 1 N–H and O–H groups in total. The lowest BCUT2D eigenvalue weighted by molar-refractivity contribution is -0.149. The van der Waals surface area contributed by atoms with E-state index in [2.05, 4.69) is 6.92 Å². The van der Waals surface area contributed by atoms with Crippen molar-refractivity contribution in [3.63, 3.8) is 0 Å². The van der Waals surface area contributed by atoms with Crippen LogP contribution in [0.1, 0.15) is 78.6 Å². The maximum Gasteiger partial charge on any atom is 0.326 e. The van der Waals surface area contributed by atoms with E-state index in [0.29, 0.717) is 13.0 Å². The molecule has 4 heteroatoms. The number of unbranched alkanes of at least 4 members (excludes halogenated alkanes) is 6. The van der Waals surface area contributed by atoms with Crippen molar-refractivity contribution in [1.29, 1.82) is 0 Å². The first kappa shape index (κ1) is 20.7. The molecule has 0 radical (unpaired) electrons. The highest BCUT2D eigenvalue weighted by Gasteiger charge is 2.24. The quantitative estimate of drug-likeness (QED) is 0.405. The first-order valence-electron chi connectivity index (χ1n) is 8.68. The Morgan fingerprint density at radius 1 is 1.09 bits per heavy atom. The van der Waals surface area contributed by atoms with Crippen molar-refractivity contribution in [1.82, 2.24) is 4.90 Å². The number of aliphatic carboxylic acids is 1. The summed E-state index contributed by atoms with van der Waals surface area (Å²) in [6.07, 6.45) is 12.9. The highest BCUT2D eigenvalue weighted by atomic mass is 16.4. The van der Waals surface area contributed by atoms with E-state index in [0.717, 1.165) is 25.7 Å². The van der Waals surface area contributed by atoms with E-state index in [1.807, 2.05) is 19.1 Å². The van der Waals surface area contributed by atoms with Crippen molar-refractivity contribution in [3.05, 3.63) is 12.2 Å². The maximum atomic E-state index is 12.3. The van der Waals surface area contributed by atoms with E-state index < -0.39 is 12.0 Å². The zero-order valence-electron chi connectivity index (χ0n) is 14.5. The van der Waals surface area contributed by atoms with Crippen LogP contribution in [0, 0.1) is 0 Å². The summed E-state index contributed by atoms with van der Waals surface area (Å²) in [6.45, 7) is 6.30. The molecule has 0 aromatic heterocycles. The molecule has 0 saturated carbocycles. The average Bonchev–Trinajstić information content (AvgIpc) is 2.50. The molecule has 22 heavy (non-hydrogen) atoms. The summed E-state index contributed by atoms with van der Waals surface area (Å²) in [6, 6.07) is -0.732. The topological polar surface area (TPSA) is 57.6 Å². The second kappa shape index (κ2) is 13.4.